The minimum Gasteiger partial charge on any atom is -0.497 e. The number of rotatable bonds is 5. The Kier molecular flexibility index (Phi) is 4.30. The van der Waals surface area contributed by atoms with E-state index < -0.39 is 0 Å². The molecule has 24 heavy (non-hydrogen) atoms. The number of ether oxygens (including phenoxy) is 2. The van der Waals surface area contributed by atoms with E-state index in [2.05, 4.69) is 30.5 Å². The van der Waals surface area contributed by atoms with Gasteiger partial charge < -0.3 is 14.0 Å². The van der Waals surface area contributed by atoms with Crippen LogP contribution in [0.25, 0.3) is 22.2 Å². The maximum absolute atomic E-state index is 11.4. The number of aldehydes is 1. The highest BCUT2D eigenvalue weighted by Gasteiger charge is 2.17. The molecule has 0 unspecified atom stereocenters. The first-order valence-electron chi connectivity index (χ1n) is 7.95. The smallest absolute Gasteiger partial charge is 0.153 e. The van der Waals surface area contributed by atoms with Crippen LogP contribution in [0.15, 0.2) is 36.4 Å². The number of aryl methyl sites for hydroxylation is 2. The molecule has 0 fully saturated rings. The molecular weight excluding hydrogens is 302 g/mol. The second kappa shape index (κ2) is 6.40. The third kappa shape index (κ3) is 2.44. The topological polar surface area (TPSA) is 40.5 Å². The van der Waals surface area contributed by atoms with Crippen LogP contribution in [-0.4, -0.2) is 25.1 Å². The van der Waals surface area contributed by atoms with Gasteiger partial charge in [0.25, 0.3) is 0 Å². The number of hydrogen-bond acceptors (Lipinski definition) is 3. The van der Waals surface area contributed by atoms with Crippen molar-refractivity contribution >= 4 is 17.2 Å². The van der Waals surface area contributed by atoms with Crippen molar-refractivity contribution in [2.45, 2.75) is 20.4 Å². The van der Waals surface area contributed by atoms with E-state index in [-0.39, 0.29) is 0 Å². The summed E-state index contributed by atoms with van der Waals surface area (Å²) in [5.74, 6) is 1.44. The average molecular weight is 323 g/mol. The van der Waals surface area contributed by atoms with Crippen LogP contribution in [0.1, 0.15) is 22.8 Å². The Hall–Kier alpha value is -2.75. The molecule has 1 heterocycles. The molecule has 0 aliphatic carbocycles. The van der Waals surface area contributed by atoms with Crippen molar-refractivity contribution in [2.24, 2.45) is 0 Å². The minimum absolute atomic E-state index is 0.568. The van der Waals surface area contributed by atoms with Crippen molar-refractivity contribution < 1.29 is 14.3 Å². The molecule has 124 valence electrons. The Morgan fingerprint density at radius 1 is 1.08 bits per heavy atom. The summed E-state index contributed by atoms with van der Waals surface area (Å²) in [5, 5.41) is 1.10. The summed E-state index contributed by atoms with van der Waals surface area (Å²) in [7, 11) is 3.25. The van der Waals surface area contributed by atoms with E-state index in [1.54, 1.807) is 14.2 Å². The fourth-order valence-electron chi connectivity index (χ4n) is 3.28. The van der Waals surface area contributed by atoms with Crippen LogP contribution in [0.3, 0.4) is 0 Å². The first-order chi connectivity index (χ1) is 11.6. The molecule has 0 radical (unpaired) electrons. The van der Waals surface area contributed by atoms with E-state index in [1.165, 1.54) is 5.56 Å². The molecule has 0 saturated heterocycles. The maximum atomic E-state index is 11.4. The Labute approximate surface area is 141 Å². The lowest BCUT2D eigenvalue weighted by molar-refractivity contribution is 0.112. The van der Waals surface area contributed by atoms with Crippen LogP contribution in [0.5, 0.6) is 11.5 Å². The quantitative estimate of drug-likeness (QED) is 0.651. The van der Waals surface area contributed by atoms with Gasteiger partial charge in [0.15, 0.2) is 6.29 Å². The first-order valence-corrected chi connectivity index (χ1v) is 7.95. The molecular formula is C20H21NO3. The van der Waals surface area contributed by atoms with Crippen molar-refractivity contribution in [2.75, 3.05) is 14.2 Å². The lowest BCUT2D eigenvalue weighted by Gasteiger charge is -2.10. The molecule has 2 aromatic carbocycles. The minimum atomic E-state index is 0.568. The van der Waals surface area contributed by atoms with Gasteiger partial charge in [0.05, 0.1) is 25.5 Å². The molecule has 4 heteroatoms. The van der Waals surface area contributed by atoms with Gasteiger partial charge in [0, 0.05) is 17.4 Å². The van der Waals surface area contributed by atoms with Gasteiger partial charge >= 0.3 is 0 Å². The molecule has 0 aliphatic rings. The predicted molar refractivity (Wildman–Crippen MR) is 96.3 cm³/mol. The van der Waals surface area contributed by atoms with Gasteiger partial charge in [-0.25, -0.2) is 0 Å². The van der Waals surface area contributed by atoms with Crippen molar-refractivity contribution in [1.29, 1.82) is 0 Å². The molecule has 0 saturated carbocycles. The molecule has 0 spiro atoms. The molecule has 0 amide bonds. The zero-order valence-electron chi connectivity index (χ0n) is 14.4. The third-order valence-corrected chi connectivity index (χ3v) is 4.47. The highest BCUT2D eigenvalue weighted by Crippen LogP contribution is 2.36. The number of nitrogens with zero attached hydrogens (tertiary/aromatic N) is 1. The number of carbonyl (C=O) groups is 1. The molecule has 3 rings (SSSR count). The lowest BCUT2D eigenvalue weighted by atomic mass is 10.1. The predicted octanol–water partition coefficient (Wildman–Crippen LogP) is 4.47. The number of hydrogen-bond donors (Lipinski definition) is 0. The molecule has 3 aromatic rings. The Balaban J connectivity index is 2.30. The Morgan fingerprint density at radius 2 is 1.79 bits per heavy atom. The highest BCUT2D eigenvalue weighted by atomic mass is 16.5. The summed E-state index contributed by atoms with van der Waals surface area (Å²) in [6.45, 7) is 5.03. The standard InChI is InChI=1S/C20H21NO3/c1-5-21-18-10-15(12-22)19(24-4)11-17(18)13(2)20(21)14-6-8-16(23-3)9-7-14/h6-12H,5H2,1-4H3. The van der Waals surface area contributed by atoms with Gasteiger partial charge in [-0.1, -0.05) is 0 Å². The summed E-state index contributed by atoms with van der Waals surface area (Å²) < 4.78 is 12.8. The van der Waals surface area contributed by atoms with Crippen molar-refractivity contribution in [3.63, 3.8) is 0 Å². The van der Waals surface area contributed by atoms with Crippen molar-refractivity contribution in [3.05, 3.63) is 47.5 Å². The van der Waals surface area contributed by atoms with Crippen LogP contribution in [0.4, 0.5) is 0 Å². The maximum Gasteiger partial charge on any atom is 0.153 e. The van der Waals surface area contributed by atoms with E-state index in [0.29, 0.717) is 11.3 Å². The van der Waals surface area contributed by atoms with Gasteiger partial charge in [0.1, 0.15) is 11.5 Å². The Morgan fingerprint density at radius 3 is 2.33 bits per heavy atom. The second-order valence-corrected chi connectivity index (χ2v) is 5.68. The van der Waals surface area contributed by atoms with Crippen LogP contribution < -0.4 is 9.47 Å². The number of benzene rings is 2. The van der Waals surface area contributed by atoms with Crippen LogP contribution in [0.2, 0.25) is 0 Å². The molecule has 0 N–H and O–H groups in total. The van der Waals surface area contributed by atoms with E-state index in [0.717, 1.165) is 40.7 Å². The van der Waals surface area contributed by atoms with E-state index >= 15 is 0 Å². The lowest BCUT2D eigenvalue weighted by Crippen LogP contribution is -1.98. The van der Waals surface area contributed by atoms with Crippen molar-refractivity contribution in [1.82, 2.24) is 4.57 Å². The monoisotopic (exact) mass is 323 g/mol. The summed E-state index contributed by atoms with van der Waals surface area (Å²) >= 11 is 0. The molecule has 0 atom stereocenters. The van der Waals surface area contributed by atoms with Gasteiger partial charge in [-0.15, -0.1) is 0 Å². The fourth-order valence-corrected chi connectivity index (χ4v) is 3.28. The first kappa shape index (κ1) is 16.1. The normalized spacial score (nSPS) is 10.8. The van der Waals surface area contributed by atoms with Crippen LogP contribution in [-0.2, 0) is 6.54 Å². The average Bonchev–Trinajstić information content (AvgIpc) is 2.91. The second-order valence-electron chi connectivity index (χ2n) is 5.68. The number of methoxy groups -OCH3 is 2. The summed E-state index contributed by atoms with van der Waals surface area (Å²) in [4.78, 5) is 11.4. The van der Waals surface area contributed by atoms with Crippen LogP contribution >= 0.6 is 0 Å². The Bertz CT molecular complexity index is 892. The number of aromatic nitrogens is 1. The van der Waals surface area contributed by atoms with Gasteiger partial charge in [-0.3, -0.25) is 4.79 Å². The molecule has 4 nitrogen and oxygen atoms in total. The summed E-state index contributed by atoms with van der Waals surface area (Å²) in [6.07, 6.45) is 0.841. The number of fused-ring (bicyclic) bond motifs is 1. The van der Waals surface area contributed by atoms with Gasteiger partial charge in [0.2, 0.25) is 0 Å². The SMILES string of the molecule is CCn1c(-c2ccc(OC)cc2)c(C)c2cc(OC)c(C=O)cc21. The molecule has 0 aliphatic heterocycles. The summed E-state index contributed by atoms with van der Waals surface area (Å²) in [5.41, 5.74) is 5.06. The molecule has 1 aromatic heterocycles. The van der Waals surface area contributed by atoms with Crippen molar-refractivity contribution in [3.8, 4) is 22.8 Å². The van der Waals surface area contributed by atoms with Gasteiger partial charge in [-0.05, 0) is 61.4 Å². The molecule has 0 bridgehead atoms. The van der Waals surface area contributed by atoms with E-state index in [4.69, 9.17) is 9.47 Å². The third-order valence-electron chi connectivity index (χ3n) is 4.47. The largest absolute Gasteiger partial charge is 0.497 e. The zero-order valence-corrected chi connectivity index (χ0v) is 14.4. The number of carbonyl (C=O) groups excluding carboxylic acids is 1. The fraction of sp³-hybridized carbons (Fsp3) is 0.250. The highest BCUT2D eigenvalue weighted by molar-refractivity contribution is 5.97. The van der Waals surface area contributed by atoms with Gasteiger partial charge in [-0.2, -0.15) is 0 Å². The zero-order chi connectivity index (χ0) is 17.3. The summed E-state index contributed by atoms with van der Waals surface area (Å²) in [6, 6.07) is 11.9. The van der Waals surface area contributed by atoms with E-state index in [9.17, 15) is 4.79 Å². The van der Waals surface area contributed by atoms with Crippen LogP contribution in [0, 0.1) is 6.92 Å². The van der Waals surface area contributed by atoms with E-state index in [1.807, 2.05) is 24.3 Å².